The number of carboxylic acid groups (broad SMARTS) is 1. The number of carboxylic acids is 1. The van der Waals surface area contributed by atoms with Gasteiger partial charge in [0.05, 0.1) is 16.2 Å². The molecule has 0 fully saturated rings. The number of benzene rings is 1. The Kier molecular flexibility index (Phi) is 4.52. The standard InChI is InChI=1S/C14H18O4S/c1-9(2)5-6-19(17,18)13-8-12(14(15)16)7-10(3)11(13)4/h7-8H,1,5-6H2,2-4H3,(H,15,16). The van der Waals surface area contributed by atoms with Gasteiger partial charge in [-0.3, -0.25) is 0 Å². The monoisotopic (exact) mass is 282 g/mol. The molecule has 0 saturated heterocycles. The molecule has 1 aromatic carbocycles. The predicted molar refractivity (Wildman–Crippen MR) is 74.4 cm³/mol. The minimum absolute atomic E-state index is 0.00278. The van der Waals surface area contributed by atoms with Crippen LogP contribution in [0.25, 0.3) is 0 Å². The summed E-state index contributed by atoms with van der Waals surface area (Å²) in [6.07, 6.45) is 0.373. The molecule has 1 N–H and O–H groups in total. The number of carbonyl (C=O) groups is 1. The SMILES string of the molecule is C=C(C)CCS(=O)(=O)c1cc(C(=O)O)cc(C)c1C. The van der Waals surface area contributed by atoms with Crippen molar-refractivity contribution in [3.63, 3.8) is 0 Å². The van der Waals surface area contributed by atoms with Gasteiger partial charge in [-0.25, -0.2) is 13.2 Å². The fourth-order valence-corrected chi connectivity index (χ4v) is 3.46. The van der Waals surface area contributed by atoms with Crippen molar-refractivity contribution >= 4 is 15.8 Å². The van der Waals surface area contributed by atoms with Crippen molar-refractivity contribution in [1.82, 2.24) is 0 Å². The van der Waals surface area contributed by atoms with Gasteiger partial charge >= 0.3 is 5.97 Å². The maximum atomic E-state index is 12.3. The number of aromatic carboxylic acids is 1. The molecule has 0 aliphatic carbocycles. The number of allylic oxidation sites excluding steroid dienone is 1. The van der Waals surface area contributed by atoms with Gasteiger partial charge in [0.1, 0.15) is 0 Å². The largest absolute Gasteiger partial charge is 0.478 e. The van der Waals surface area contributed by atoms with Crippen LogP contribution in [0.2, 0.25) is 0 Å². The average molecular weight is 282 g/mol. The minimum atomic E-state index is -3.49. The van der Waals surface area contributed by atoms with Crippen molar-refractivity contribution < 1.29 is 18.3 Å². The van der Waals surface area contributed by atoms with E-state index in [1.54, 1.807) is 20.8 Å². The molecule has 0 radical (unpaired) electrons. The zero-order valence-electron chi connectivity index (χ0n) is 11.4. The lowest BCUT2D eigenvalue weighted by Crippen LogP contribution is -2.11. The van der Waals surface area contributed by atoms with Gasteiger partial charge in [-0.1, -0.05) is 5.57 Å². The van der Waals surface area contributed by atoms with Gasteiger partial charge in [-0.15, -0.1) is 6.58 Å². The zero-order chi connectivity index (χ0) is 14.8. The molecule has 0 atom stereocenters. The second kappa shape index (κ2) is 5.57. The summed E-state index contributed by atoms with van der Waals surface area (Å²) in [7, 11) is -3.49. The topological polar surface area (TPSA) is 71.4 Å². The lowest BCUT2D eigenvalue weighted by atomic mass is 10.1. The third-order valence-corrected chi connectivity index (χ3v) is 4.84. The van der Waals surface area contributed by atoms with Crippen molar-refractivity contribution in [3.8, 4) is 0 Å². The molecule has 0 heterocycles. The Hall–Kier alpha value is -1.62. The first kappa shape index (κ1) is 15.4. The zero-order valence-corrected chi connectivity index (χ0v) is 12.2. The first-order valence-corrected chi connectivity index (χ1v) is 7.52. The van der Waals surface area contributed by atoms with Gasteiger partial charge in [-0.2, -0.15) is 0 Å². The maximum Gasteiger partial charge on any atom is 0.335 e. The number of hydrogen-bond donors (Lipinski definition) is 1. The summed E-state index contributed by atoms with van der Waals surface area (Å²) in [5, 5.41) is 9.00. The molecule has 0 spiro atoms. The molecular weight excluding hydrogens is 264 g/mol. The van der Waals surface area contributed by atoms with E-state index in [-0.39, 0.29) is 16.2 Å². The normalized spacial score (nSPS) is 11.3. The van der Waals surface area contributed by atoms with Gasteiger partial charge in [0.25, 0.3) is 0 Å². The van der Waals surface area contributed by atoms with Gasteiger partial charge in [0.2, 0.25) is 0 Å². The van der Waals surface area contributed by atoms with Crippen molar-refractivity contribution in [2.75, 3.05) is 5.75 Å². The van der Waals surface area contributed by atoms with E-state index in [1.807, 2.05) is 0 Å². The molecule has 4 nitrogen and oxygen atoms in total. The summed E-state index contributed by atoms with van der Waals surface area (Å²) >= 11 is 0. The van der Waals surface area contributed by atoms with Crippen molar-refractivity contribution in [2.45, 2.75) is 32.1 Å². The van der Waals surface area contributed by atoms with E-state index in [0.717, 1.165) is 5.57 Å². The van der Waals surface area contributed by atoms with Crippen LogP contribution in [0, 0.1) is 13.8 Å². The molecule has 104 valence electrons. The molecule has 1 rings (SSSR count). The maximum absolute atomic E-state index is 12.3. The predicted octanol–water partition coefficient (Wildman–Crippen LogP) is 2.74. The third kappa shape index (κ3) is 3.67. The van der Waals surface area contributed by atoms with Crippen LogP contribution in [0.4, 0.5) is 0 Å². The van der Waals surface area contributed by atoms with Gasteiger partial charge in [0, 0.05) is 0 Å². The lowest BCUT2D eigenvalue weighted by molar-refractivity contribution is 0.0696. The number of aryl methyl sites for hydroxylation is 1. The molecule has 0 amide bonds. The number of rotatable bonds is 5. The fourth-order valence-electron chi connectivity index (χ4n) is 1.69. The molecule has 1 aromatic rings. The summed E-state index contributed by atoms with van der Waals surface area (Å²) in [6, 6.07) is 2.72. The van der Waals surface area contributed by atoms with E-state index in [1.165, 1.54) is 12.1 Å². The summed E-state index contributed by atoms with van der Waals surface area (Å²) in [6.45, 7) is 8.84. The molecule has 0 aliphatic rings. The Morgan fingerprint density at radius 1 is 1.32 bits per heavy atom. The highest BCUT2D eigenvalue weighted by atomic mass is 32.2. The quantitative estimate of drug-likeness (QED) is 0.843. The van der Waals surface area contributed by atoms with E-state index in [0.29, 0.717) is 17.5 Å². The molecule has 0 aromatic heterocycles. The third-order valence-electron chi connectivity index (χ3n) is 3.00. The van der Waals surface area contributed by atoms with Crippen molar-refractivity contribution in [2.24, 2.45) is 0 Å². The van der Waals surface area contributed by atoms with Crippen molar-refractivity contribution in [1.29, 1.82) is 0 Å². The van der Waals surface area contributed by atoms with Crippen LogP contribution in [0.3, 0.4) is 0 Å². The second-order valence-electron chi connectivity index (χ2n) is 4.75. The van der Waals surface area contributed by atoms with E-state index >= 15 is 0 Å². The average Bonchev–Trinajstić information content (AvgIpc) is 2.29. The first-order valence-electron chi connectivity index (χ1n) is 5.87. The van der Waals surface area contributed by atoms with E-state index in [4.69, 9.17) is 5.11 Å². The molecule has 0 saturated carbocycles. The Labute approximate surface area is 113 Å². The van der Waals surface area contributed by atoms with E-state index < -0.39 is 15.8 Å². The van der Waals surface area contributed by atoms with Crippen LogP contribution in [0.5, 0.6) is 0 Å². The number of hydrogen-bond acceptors (Lipinski definition) is 3. The Balaban J connectivity index is 3.33. The van der Waals surface area contributed by atoms with Crippen LogP contribution in [0.15, 0.2) is 29.2 Å². The van der Waals surface area contributed by atoms with Crippen LogP contribution < -0.4 is 0 Å². The van der Waals surface area contributed by atoms with Gasteiger partial charge in [0.15, 0.2) is 9.84 Å². The molecule has 5 heteroatoms. The highest BCUT2D eigenvalue weighted by Crippen LogP contribution is 2.23. The van der Waals surface area contributed by atoms with Crippen molar-refractivity contribution in [3.05, 3.63) is 41.0 Å². The molecule has 19 heavy (non-hydrogen) atoms. The highest BCUT2D eigenvalue weighted by molar-refractivity contribution is 7.91. The number of sulfone groups is 1. The lowest BCUT2D eigenvalue weighted by Gasteiger charge is -2.11. The summed E-state index contributed by atoms with van der Waals surface area (Å²) in [5.41, 5.74) is 2.05. The molecular formula is C14H18O4S. The van der Waals surface area contributed by atoms with E-state index in [2.05, 4.69) is 6.58 Å². The minimum Gasteiger partial charge on any atom is -0.478 e. The van der Waals surface area contributed by atoms with Crippen LogP contribution in [0.1, 0.15) is 34.8 Å². The summed E-state index contributed by atoms with van der Waals surface area (Å²) in [5.74, 6) is -1.18. The van der Waals surface area contributed by atoms with Crippen LogP contribution in [-0.4, -0.2) is 25.2 Å². The second-order valence-corrected chi connectivity index (χ2v) is 6.82. The molecule has 0 bridgehead atoms. The first-order chi connectivity index (χ1) is 8.65. The Bertz CT molecular complexity index is 627. The van der Waals surface area contributed by atoms with E-state index in [9.17, 15) is 13.2 Å². The summed E-state index contributed by atoms with van der Waals surface area (Å²) < 4.78 is 24.5. The van der Waals surface area contributed by atoms with Gasteiger partial charge < -0.3 is 5.11 Å². The van der Waals surface area contributed by atoms with Crippen LogP contribution in [-0.2, 0) is 9.84 Å². The summed E-state index contributed by atoms with van der Waals surface area (Å²) in [4.78, 5) is 11.1. The molecule has 0 unspecified atom stereocenters. The Morgan fingerprint density at radius 3 is 2.37 bits per heavy atom. The molecule has 0 aliphatic heterocycles. The fraction of sp³-hybridized carbons (Fsp3) is 0.357. The van der Waals surface area contributed by atoms with Gasteiger partial charge in [-0.05, 0) is 50.5 Å². The Morgan fingerprint density at radius 2 is 1.89 bits per heavy atom. The van der Waals surface area contributed by atoms with Crippen LogP contribution >= 0.6 is 0 Å². The highest BCUT2D eigenvalue weighted by Gasteiger charge is 2.20. The smallest absolute Gasteiger partial charge is 0.335 e.